The average Bonchev–Trinajstić information content (AvgIpc) is 3.09. The molecule has 158 valence electrons. The summed E-state index contributed by atoms with van der Waals surface area (Å²) in [4.78, 5) is 31.1. The van der Waals surface area contributed by atoms with Crippen LogP contribution in [-0.2, 0) is 6.54 Å². The van der Waals surface area contributed by atoms with E-state index in [0.717, 1.165) is 5.75 Å². The van der Waals surface area contributed by atoms with Crippen LogP contribution in [0.25, 0.3) is 10.2 Å². The van der Waals surface area contributed by atoms with Gasteiger partial charge in [-0.3, -0.25) is 14.2 Å². The Kier molecular flexibility index (Phi) is 5.81. The Labute approximate surface area is 181 Å². The summed E-state index contributed by atoms with van der Waals surface area (Å²) in [5.74, 6) is 0.0573. The zero-order valence-corrected chi connectivity index (χ0v) is 17.8. The van der Waals surface area contributed by atoms with Gasteiger partial charge in [0, 0.05) is 5.69 Å². The summed E-state index contributed by atoms with van der Waals surface area (Å²) >= 11 is 1.17. The Morgan fingerprint density at radius 3 is 2.71 bits per heavy atom. The number of nitrogens with zero attached hydrogens (tertiary/aromatic N) is 2. The Morgan fingerprint density at radius 1 is 1.23 bits per heavy atom. The molecule has 0 saturated carbocycles. The lowest BCUT2D eigenvalue weighted by Crippen LogP contribution is -2.21. The molecule has 2 aromatic carbocycles. The minimum Gasteiger partial charge on any atom is -0.494 e. The molecule has 31 heavy (non-hydrogen) atoms. The highest BCUT2D eigenvalue weighted by Gasteiger charge is 2.20. The average molecular weight is 437 g/mol. The molecular weight excluding hydrogens is 417 g/mol. The molecule has 0 saturated heterocycles. The van der Waals surface area contributed by atoms with E-state index in [1.54, 1.807) is 43.3 Å². The van der Waals surface area contributed by atoms with Gasteiger partial charge in [-0.1, -0.05) is 12.1 Å². The second kappa shape index (κ2) is 8.69. The number of aryl methyl sites for hydroxylation is 1. The second-order valence-corrected chi connectivity index (χ2v) is 7.95. The molecule has 0 fully saturated rings. The van der Waals surface area contributed by atoms with E-state index < -0.39 is 0 Å². The number of fused-ring (bicyclic) bond motifs is 1. The summed E-state index contributed by atoms with van der Waals surface area (Å²) < 4.78 is 20.3. The van der Waals surface area contributed by atoms with Crippen molar-refractivity contribution >= 4 is 33.1 Å². The molecule has 2 aromatic heterocycles. The van der Waals surface area contributed by atoms with Gasteiger partial charge >= 0.3 is 0 Å². The molecule has 4 aromatic rings. The van der Waals surface area contributed by atoms with Gasteiger partial charge < -0.3 is 10.1 Å². The molecule has 0 unspecified atom stereocenters. The van der Waals surface area contributed by atoms with Crippen LogP contribution < -0.4 is 15.6 Å². The van der Waals surface area contributed by atoms with Crippen LogP contribution >= 0.6 is 11.3 Å². The number of aromatic nitrogens is 2. The number of halogens is 1. The summed E-state index contributed by atoms with van der Waals surface area (Å²) in [7, 11) is 0. The van der Waals surface area contributed by atoms with Gasteiger partial charge in [0.25, 0.3) is 11.5 Å². The maximum Gasteiger partial charge on any atom is 0.266 e. The summed E-state index contributed by atoms with van der Waals surface area (Å²) in [6.07, 6.45) is 1.43. The van der Waals surface area contributed by atoms with Gasteiger partial charge in [-0.2, -0.15) is 0 Å². The van der Waals surface area contributed by atoms with Gasteiger partial charge in [-0.25, -0.2) is 9.37 Å². The summed E-state index contributed by atoms with van der Waals surface area (Å²) in [5.41, 5.74) is 1.60. The lowest BCUT2D eigenvalue weighted by atomic mass is 10.2. The van der Waals surface area contributed by atoms with E-state index in [2.05, 4.69) is 10.3 Å². The zero-order chi connectivity index (χ0) is 22.0. The van der Waals surface area contributed by atoms with Crippen molar-refractivity contribution in [2.45, 2.75) is 20.4 Å². The fourth-order valence-corrected chi connectivity index (χ4v) is 4.34. The third-order valence-electron chi connectivity index (χ3n) is 4.79. The third-order valence-corrected chi connectivity index (χ3v) is 5.99. The summed E-state index contributed by atoms with van der Waals surface area (Å²) in [5, 5.41) is 3.25. The molecule has 2 heterocycles. The quantitative estimate of drug-likeness (QED) is 0.478. The molecule has 6 nitrogen and oxygen atoms in total. The second-order valence-electron chi connectivity index (χ2n) is 6.96. The summed E-state index contributed by atoms with van der Waals surface area (Å²) in [6, 6.07) is 13.2. The largest absolute Gasteiger partial charge is 0.494 e. The van der Waals surface area contributed by atoms with Crippen molar-refractivity contribution in [1.82, 2.24) is 9.55 Å². The topological polar surface area (TPSA) is 73.2 Å². The van der Waals surface area contributed by atoms with Crippen LogP contribution in [0.1, 0.15) is 27.7 Å². The van der Waals surface area contributed by atoms with Crippen LogP contribution in [0.4, 0.5) is 10.1 Å². The maximum absolute atomic E-state index is 13.5. The molecule has 1 amide bonds. The van der Waals surface area contributed by atoms with Crippen LogP contribution in [0, 0.1) is 12.7 Å². The van der Waals surface area contributed by atoms with Crippen molar-refractivity contribution in [2.24, 2.45) is 0 Å². The number of anilines is 1. The predicted molar refractivity (Wildman–Crippen MR) is 120 cm³/mol. The van der Waals surface area contributed by atoms with Crippen molar-refractivity contribution in [2.75, 3.05) is 11.9 Å². The number of amides is 1. The highest BCUT2D eigenvalue weighted by Crippen LogP contribution is 2.28. The minimum atomic E-state index is -0.362. The van der Waals surface area contributed by atoms with Gasteiger partial charge in [0.05, 0.1) is 29.7 Å². The van der Waals surface area contributed by atoms with E-state index in [1.807, 2.05) is 6.92 Å². The molecule has 0 atom stereocenters. The SMILES string of the molecule is CCOc1ccc(NC(=O)c2sc3ncn(Cc4cccc(F)c4)c(=O)c3c2C)cc1. The van der Waals surface area contributed by atoms with E-state index >= 15 is 0 Å². The predicted octanol–water partition coefficient (Wildman–Crippen LogP) is 4.60. The molecule has 0 radical (unpaired) electrons. The van der Waals surface area contributed by atoms with Gasteiger partial charge in [-0.05, 0) is 61.4 Å². The standard InChI is InChI=1S/C23H20FN3O3S/c1-3-30-18-9-7-17(8-10-18)26-21(28)20-14(2)19-22(31-20)25-13-27(23(19)29)12-15-5-4-6-16(24)11-15/h4-11,13H,3,12H2,1-2H3,(H,26,28). The van der Waals surface area contributed by atoms with Crippen LogP contribution in [0.5, 0.6) is 5.75 Å². The van der Waals surface area contributed by atoms with Crippen LogP contribution in [0.3, 0.4) is 0 Å². The lowest BCUT2D eigenvalue weighted by molar-refractivity contribution is 0.103. The number of hydrogen-bond acceptors (Lipinski definition) is 5. The number of carbonyl (C=O) groups excluding carboxylic acids is 1. The van der Waals surface area contributed by atoms with Crippen molar-refractivity contribution in [3.05, 3.63) is 87.0 Å². The smallest absolute Gasteiger partial charge is 0.266 e. The molecule has 0 aliphatic rings. The van der Waals surface area contributed by atoms with Crippen molar-refractivity contribution in [3.63, 3.8) is 0 Å². The minimum absolute atomic E-state index is 0.197. The molecule has 0 aliphatic heterocycles. The lowest BCUT2D eigenvalue weighted by Gasteiger charge is -2.07. The number of carbonyl (C=O) groups is 1. The van der Waals surface area contributed by atoms with E-state index in [0.29, 0.717) is 38.5 Å². The van der Waals surface area contributed by atoms with Crippen molar-refractivity contribution in [1.29, 1.82) is 0 Å². The van der Waals surface area contributed by atoms with E-state index in [9.17, 15) is 14.0 Å². The van der Waals surface area contributed by atoms with Gasteiger partial charge in [0.2, 0.25) is 0 Å². The number of benzene rings is 2. The molecule has 1 N–H and O–H groups in total. The number of ether oxygens (including phenoxy) is 1. The number of rotatable bonds is 6. The molecule has 8 heteroatoms. The molecule has 0 spiro atoms. The van der Waals surface area contributed by atoms with Crippen LogP contribution in [0.15, 0.2) is 59.7 Å². The number of nitrogens with one attached hydrogen (secondary N) is 1. The molecule has 4 rings (SSSR count). The fourth-order valence-electron chi connectivity index (χ4n) is 3.31. The van der Waals surface area contributed by atoms with Gasteiger partial charge in [0.1, 0.15) is 16.4 Å². The van der Waals surface area contributed by atoms with Crippen LogP contribution in [-0.4, -0.2) is 22.1 Å². The first-order chi connectivity index (χ1) is 15.0. The highest BCUT2D eigenvalue weighted by atomic mass is 32.1. The van der Waals surface area contributed by atoms with Crippen molar-refractivity contribution in [3.8, 4) is 5.75 Å². The number of thiophene rings is 1. The third kappa shape index (κ3) is 4.34. The van der Waals surface area contributed by atoms with Gasteiger partial charge in [-0.15, -0.1) is 11.3 Å². The van der Waals surface area contributed by atoms with E-state index in [4.69, 9.17) is 4.74 Å². The van der Waals surface area contributed by atoms with Crippen LogP contribution in [0.2, 0.25) is 0 Å². The molecule has 0 bridgehead atoms. The summed E-state index contributed by atoms with van der Waals surface area (Å²) in [6.45, 7) is 4.40. The highest BCUT2D eigenvalue weighted by molar-refractivity contribution is 7.20. The Bertz CT molecular complexity index is 1310. The van der Waals surface area contributed by atoms with Crippen molar-refractivity contribution < 1.29 is 13.9 Å². The fraction of sp³-hybridized carbons (Fsp3) is 0.174. The first kappa shape index (κ1) is 20.7. The first-order valence-corrected chi connectivity index (χ1v) is 10.5. The molecule has 0 aliphatic carbocycles. The van der Waals surface area contributed by atoms with Gasteiger partial charge in [0.15, 0.2) is 0 Å². The maximum atomic E-state index is 13.5. The Hall–Kier alpha value is -3.52. The Morgan fingerprint density at radius 2 is 2.00 bits per heavy atom. The number of hydrogen-bond donors (Lipinski definition) is 1. The Balaban J connectivity index is 1.62. The molecular formula is C23H20FN3O3S. The normalized spacial score (nSPS) is 10.9. The van der Waals surface area contributed by atoms with E-state index in [-0.39, 0.29) is 23.8 Å². The first-order valence-electron chi connectivity index (χ1n) is 9.73. The monoisotopic (exact) mass is 437 g/mol. The van der Waals surface area contributed by atoms with E-state index in [1.165, 1.54) is 34.4 Å². The zero-order valence-electron chi connectivity index (χ0n) is 17.0.